The molecule has 0 aliphatic rings. The van der Waals surface area contributed by atoms with E-state index in [0.717, 1.165) is 11.1 Å². The lowest BCUT2D eigenvalue weighted by molar-refractivity contribution is -0.143. The Bertz CT molecular complexity index is 388. The van der Waals surface area contributed by atoms with Gasteiger partial charge in [-0.3, -0.25) is 4.79 Å². The number of allylic oxidation sites excluding steroid dienone is 2. The van der Waals surface area contributed by atoms with Crippen LogP contribution in [0.1, 0.15) is 32.8 Å². The third-order valence-electron chi connectivity index (χ3n) is 2.80. The van der Waals surface area contributed by atoms with Gasteiger partial charge in [-0.05, 0) is 32.8 Å². The molecular formula is C14H18O2. The molecule has 1 rings (SSSR count). The lowest BCUT2D eigenvalue weighted by atomic mass is 9.79. The summed E-state index contributed by atoms with van der Waals surface area (Å²) in [5.74, 6) is -0.781. The largest absolute Gasteiger partial charge is 0.481 e. The van der Waals surface area contributed by atoms with Crippen molar-refractivity contribution in [2.75, 3.05) is 0 Å². The van der Waals surface area contributed by atoms with Crippen LogP contribution >= 0.6 is 0 Å². The van der Waals surface area contributed by atoms with E-state index in [1.807, 2.05) is 50.3 Å². The normalized spacial score (nSPS) is 13.9. The maximum absolute atomic E-state index is 11.4. The highest BCUT2D eigenvalue weighted by Gasteiger charge is 2.33. The number of hydrogen-bond acceptors (Lipinski definition) is 1. The van der Waals surface area contributed by atoms with Gasteiger partial charge in [0.1, 0.15) is 0 Å². The summed E-state index contributed by atoms with van der Waals surface area (Å²) in [6, 6.07) is 9.38. The molecule has 0 radical (unpaired) electrons. The Balaban J connectivity index is 3.07. The molecule has 0 aromatic heterocycles. The second-order valence-electron chi connectivity index (χ2n) is 4.49. The van der Waals surface area contributed by atoms with E-state index >= 15 is 0 Å². The summed E-state index contributed by atoms with van der Waals surface area (Å²) in [7, 11) is 0. The van der Waals surface area contributed by atoms with Gasteiger partial charge in [0, 0.05) is 0 Å². The molecular weight excluding hydrogens is 200 g/mol. The molecule has 2 heteroatoms. The Morgan fingerprint density at radius 2 is 1.88 bits per heavy atom. The monoisotopic (exact) mass is 218 g/mol. The van der Waals surface area contributed by atoms with E-state index in [2.05, 4.69) is 0 Å². The second-order valence-corrected chi connectivity index (χ2v) is 4.49. The first kappa shape index (κ1) is 12.5. The summed E-state index contributed by atoms with van der Waals surface area (Å²) in [6.45, 7) is 5.73. The van der Waals surface area contributed by atoms with Crippen molar-refractivity contribution in [1.29, 1.82) is 0 Å². The topological polar surface area (TPSA) is 37.3 Å². The highest BCUT2D eigenvalue weighted by atomic mass is 16.4. The average Bonchev–Trinajstić information content (AvgIpc) is 2.26. The number of hydrogen-bond donors (Lipinski definition) is 1. The zero-order valence-electron chi connectivity index (χ0n) is 10.0. The first-order valence-corrected chi connectivity index (χ1v) is 5.39. The van der Waals surface area contributed by atoms with Crippen LogP contribution in [0.2, 0.25) is 0 Å². The van der Waals surface area contributed by atoms with Gasteiger partial charge in [0.15, 0.2) is 0 Å². The van der Waals surface area contributed by atoms with Gasteiger partial charge in [-0.2, -0.15) is 0 Å². The van der Waals surface area contributed by atoms with E-state index in [1.165, 1.54) is 0 Å². The Kier molecular flexibility index (Phi) is 3.88. The van der Waals surface area contributed by atoms with Crippen LogP contribution in [0, 0.1) is 0 Å². The molecule has 0 fully saturated rings. The highest BCUT2D eigenvalue weighted by molar-refractivity contribution is 5.81. The summed E-state index contributed by atoms with van der Waals surface area (Å²) in [5.41, 5.74) is 1.15. The molecule has 1 N–H and O–H groups in total. The van der Waals surface area contributed by atoms with Crippen LogP contribution in [0.5, 0.6) is 0 Å². The molecule has 16 heavy (non-hydrogen) atoms. The number of benzene rings is 1. The Hall–Kier alpha value is -1.57. The van der Waals surface area contributed by atoms with Gasteiger partial charge in [0.2, 0.25) is 0 Å². The molecule has 2 nitrogen and oxygen atoms in total. The van der Waals surface area contributed by atoms with Crippen molar-refractivity contribution in [1.82, 2.24) is 0 Å². The number of carboxylic acids is 1. The van der Waals surface area contributed by atoms with Crippen molar-refractivity contribution in [2.45, 2.75) is 32.6 Å². The molecule has 0 heterocycles. The number of aliphatic carboxylic acids is 1. The summed E-state index contributed by atoms with van der Waals surface area (Å²) in [5, 5.41) is 9.37. The van der Waals surface area contributed by atoms with E-state index in [4.69, 9.17) is 0 Å². The summed E-state index contributed by atoms with van der Waals surface area (Å²) >= 11 is 0. The van der Waals surface area contributed by atoms with Crippen LogP contribution < -0.4 is 0 Å². The fraction of sp³-hybridized carbons (Fsp3) is 0.357. The lowest BCUT2D eigenvalue weighted by Crippen LogP contribution is -2.31. The highest BCUT2D eigenvalue weighted by Crippen LogP contribution is 2.28. The Morgan fingerprint density at radius 1 is 1.31 bits per heavy atom. The van der Waals surface area contributed by atoms with Crippen LogP contribution in [0.4, 0.5) is 0 Å². The molecule has 0 saturated carbocycles. The fourth-order valence-corrected chi connectivity index (χ4v) is 1.54. The third kappa shape index (κ3) is 2.72. The summed E-state index contributed by atoms with van der Waals surface area (Å²) in [6.07, 6.45) is 2.50. The van der Waals surface area contributed by atoms with E-state index in [0.29, 0.717) is 6.42 Å². The number of rotatable bonds is 4. The fourth-order valence-electron chi connectivity index (χ4n) is 1.54. The molecule has 0 aliphatic heterocycles. The Labute approximate surface area is 96.6 Å². The SMILES string of the molecule is CC(C)=CC[C@](C)(C(=O)O)c1ccccc1. The van der Waals surface area contributed by atoms with Gasteiger partial charge in [-0.15, -0.1) is 0 Å². The molecule has 1 atom stereocenters. The maximum Gasteiger partial charge on any atom is 0.314 e. The number of carbonyl (C=O) groups is 1. The second kappa shape index (κ2) is 4.97. The minimum absolute atomic E-state index is 0.523. The van der Waals surface area contributed by atoms with Gasteiger partial charge in [0.05, 0.1) is 5.41 Å². The molecule has 0 bridgehead atoms. The first-order chi connectivity index (χ1) is 7.47. The van der Waals surface area contributed by atoms with Crippen molar-refractivity contribution in [2.24, 2.45) is 0 Å². The molecule has 1 aromatic carbocycles. The first-order valence-electron chi connectivity index (χ1n) is 5.39. The molecule has 0 spiro atoms. The van der Waals surface area contributed by atoms with Crippen LogP contribution in [-0.2, 0) is 10.2 Å². The van der Waals surface area contributed by atoms with E-state index in [-0.39, 0.29) is 0 Å². The Morgan fingerprint density at radius 3 is 2.31 bits per heavy atom. The molecule has 0 aliphatic carbocycles. The van der Waals surface area contributed by atoms with Crippen molar-refractivity contribution in [3.63, 3.8) is 0 Å². The van der Waals surface area contributed by atoms with Crippen molar-refractivity contribution in [3.05, 3.63) is 47.5 Å². The van der Waals surface area contributed by atoms with Crippen LogP contribution in [0.15, 0.2) is 42.0 Å². The van der Waals surface area contributed by atoms with E-state index < -0.39 is 11.4 Å². The molecule has 0 unspecified atom stereocenters. The van der Waals surface area contributed by atoms with Gasteiger partial charge in [-0.1, -0.05) is 42.0 Å². The molecule has 0 amide bonds. The van der Waals surface area contributed by atoms with Gasteiger partial charge >= 0.3 is 5.97 Å². The molecule has 0 saturated heterocycles. The minimum atomic E-state index is -0.835. The van der Waals surface area contributed by atoms with E-state index in [9.17, 15) is 9.90 Å². The predicted molar refractivity (Wildman–Crippen MR) is 65.5 cm³/mol. The van der Waals surface area contributed by atoms with Crippen LogP contribution in [0.25, 0.3) is 0 Å². The maximum atomic E-state index is 11.4. The quantitative estimate of drug-likeness (QED) is 0.786. The third-order valence-corrected chi connectivity index (χ3v) is 2.80. The van der Waals surface area contributed by atoms with Gasteiger partial charge < -0.3 is 5.11 Å². The van der Waals surface area contributed by atoms with Crippen LogP contribution in [0.3, 0.4) is 0 Å². The molecule has 86 valence electrons. The smallest absolute Gasteiger partial charge is 0.314 e. The summed E-state index contributed by atoms with van der Waals surface area (Å²) in [4.78, 5) is 11.4. The standard InChI is InChI=1S/C14H18O2/c1-11(2)9-10-14(3,13(15)16)12-7-5-4-6-8-12/h4-9H,10H2,1-3H3,(H,15,16)/t14-/m0/s1. The van der Waals surface area contributed by atoms with Crippen molar-refractivity contribution < 1.29 is 9.90 Å². The average molecular weight is 218 g/mol. The van der Waals surface area contributed by atoms with E-state index in [1.54, 1.807) is 6.92 Å². The van der Waals surface area contributed by atoms with Gasteiger partial charge in [-0.25, -0.2) is 0 Å². The van der Waals surface area contributed by atoms with Crippen LogP contribution in [-0.4, -0.2) is 11.1 Å². The number of carboxylic acid groups (broad SMARTS) is 1. The zero-order chi connectivity index (χ0) is 12.2. The molecule has 1 aromatic rings. The van der Waals surface area contributed by atoms with Gasteiger partial charge in [0.25, 0.3) is 0 Å². The predicted octanol–water partition coefficient (Wildman–Crippen LogP) is 3.39. The van der Waals surface area contributed by atoms with Crippen molar-refractivity contribution >= 4 is 5.97 Å². The lowest BCUT2D eigenvalue weighted by Gasteiger charge is -2.24. The summed E-state index contributed by atoms with van der Waals surface area (Å²) < 4.78 is 0. The van der Waals surface area contributed by atoms with Crippen molar-refractivity contribution in [3.8, 4) is 0 Å². The minimum Gasteiger partial charge on any atom is -0.481 e. The zero-order valence-corrected chi connectivity index (χ0v) is 10.0.